The normalized spacial score (nSPS) is 26.8. The molecule has 1 saturated heterocycles. The molecule has 3 aliphatic rings. The fraction of sp³-hybridized carbons (Fsp3) is 0.684. The van der Waals surface area contributed by atoms with Gasteiger partial charge in [0.15, 0.2) is 0 Å². The van der Waals surface area contributed by atoms with Crippen molar-refractivity contribution in [3.63, 3.8) is 0 Å². The van der Waals surface area contributed by atoms with E-state index in [1.807, 2.05) is 0 Å². The van der Waals surface area contributed by atoms with Crippen LogP contribution in [0.3, 0.4) is 0 Å². The summed E-state index contributed by atoms with van der Waals surface area (Å²) in [5, 5.41) is 3.58. The summed E-state index contributed by atoms with van der Waals surface area (Å²) >= 11 is 0. The third kappa shape index (κ3) is 2.70. The SMILES string of the molecule is c1cc(CN2CCCC2C2CCCC2)c2c(c1)NCCC2. The molecule has 0 bridgehead atoms. The van der Waals surface area contributed by atoms with Crippen LogP contribution >= 0.6 is 0 Å². The number of likely N-dealkylation sites (tertiary alicyclic amines) is 1. The number of rotatable bonds is 3. The minimum atomic E-state index is 0.875. The molecule has 0 amide bonds. The predicted octanol–water partition coefficient (Wildman–Crippen LogP) is 4.20. The molecular formula is C19H28N2. The second-order valence-corrected chi connectivity index (χ2v) is 7.20. The molecule has 2 aliphatic heterocycles. The minimum absolute atomic E-state index is 0.875. The van der Waals surface area contributed by atoms with Crippen LogP contribution in [0.15, 0.2) is 18.2 Å². The zero-order valence-corrected chi connectivity index (χ0v) is 13.1. The van der Waals surface area contributed by atoms with E-state index in [-0.39, 0.29) is 0 Å². The smallest absolute Gasteiger partial charge is 0.0375 e. The highest BCUT2D eigenvalue weighted by molar-refractivity contribution is 5.56. The van der Waals surface area contributed by atoms with Crippen molar-refractivity contribution < 1.29 is 0 Å². The maximum atomic E-state index is 3.58. The van der Waals surface area contributed by atoms with E-state index in [0.29, 0.717) is 0 Å². The standard InChI is InChI=1S/C19H28N2/c1-2-7-15(6-1)19-11-5-13-21(19)14-16-8-3-10-18-17(16)9-4-12-20-18/h3,8,10,15,19-20H,1-2,4-7,9,11-14H2. The van der Waals surface area contributed by atoms with Crippen LogP contribution in [0.4, 0.5) is 5.69 Å². The number of nitrogens with one attached hydrogen (secondary N) is 1. The fourth-order valence-corrected chi connectivity index (χ4v) is 4.87. The van der Waals surface area contributed by atoms with Crippen molar-refractivity contribution in [1.82, 2.24) is 4.90 Å². The van der Waals surface area contributed by atoms with Crippen molar-refractivity contribution in [2.75, 3.05) is 18.4 Å². The molecule has 2 nitrogen and oxygen atoms in total. The molecule has 2 heterocycles. The van der Waals surface area contributed by atoms with Crippen molar-refractivity contribution in [3.05, 3.63) is 29.3 Å². The fourth-order valence-electron chi connectivity index (χ4n) is 4.87. The van der Waals surface area contributed by atoms with Gasteiger partial charge in [-0.2, -0.15) is 0 Å². The molecule has 114 valence electrons. The van der Waals surface area contributed by atoms with Gasteiger partial charge in [0, 0.05) is 24.8 Å². The summed E-state index contributed by atoms with van der Waals surface area (Å²) in [6.45, 7) is 3.65. The van der Waals surface area contributed by atoms with Crippen molar-refractivity contribution in [2.45, 2.75) is 64.0 Å². The van der Waals surface area contributed by atoms with E-state index in [1.54, 1.807) is 11.1 Å². The van der Waals surface area contributed by atoms with Gasteiger partial charge in [-0.05, 0) is 68.2 Å². The molecule has 1 N–H and O–H groups in total. The van der Waals surface area contributed by atoms with Crippen molar-refractivity contribution in [2.24, 2.45) is 5.92 Å². The van der Waals surface area contributed by atoms with Gasteiger partial charge in [0.25, 0.3) is 0 Å². The third-order valence-corrected chi connectivity index (χ3v) is 5.92. The molecular weight excluding hydrogens is 256 g/mol. The van der Waals surface area contributed by atoms with Gasteiger partial charge in [-0.1, -0.05) is 25.0 Å². The van der Waals surface area contributed by atoms with Crippen molar-refractivity contribution in [3.8, 4) is 0 Å². The van der Waals surface area contributed by atoms with Crippen LogP contribution in [-0.2, 0) is 13.0 Å². The maximum Gasteiger partial charge on any atom is 0.0375 e. The highest BCUT2D eigenvalue weighted by atomic mass is 15.2. The number of anilines is 1. The van der Waals surface area contributed by atoms with E-state index in [9.17, 15) is 0 Å². The first-order valence-electron chi connectivity index (χ1n) is 9.00. The van der Waals surface area contributed by atoms with E-state index in [2.05, 4.69) is 28.4 Å². The van der Waals surface area contributed by atoms with Crippen LogP contribution in [-0.4, -0.2) is 24.0 Å². The summed E-state index contributed by atoms with van der Waals surface area (Å²) in [4.78, 5) is 2.81. The van der Waals surface area contributed by atoms with Gasteiger partial charge >= 0.3 is 0 Å². The van der Waals surface area contributed by atoms with Gasteiger partial charge in [-0.25, -0.2) is 0 Å². The Morgan fingerprint density at radius 3 is 2.86 bits per heavy atom. The Bertz CT molecular complexity index is 490. The number of hydrogen-bond acceptors (Lipinski definition) is 2. The van der Waals surface area contributed by atoms with Crippen LogP contribution in [0.1, 0.15) is 56.1 Å². The maximum absolute atomic E-state index is 3.58. The van der Waals surface area contributed by atoms with Gasteiger partial charge < -0.3 is 5.32 Å². The Labute approximate surface area is 128 Å². The number of benzene rings is 1. The first-order valence-corrected chi connectivity index (χ1v) is 9.00. The van der Waals surface area contributed by atoms with E-state index < -0.39 is 0 Å². The lowest BCUT2D eigenvalue weighted by molar-refractivity contribution is 0.183. The Morgan fingerprint density at radius 1 is 1.05 bits per heavy atom. The van der Waals surface area contributed by atoms with E-state index in [0.717, 1.165) is 18.5 Å². The van der Waals surface area contributed by atoms with Crippen molar-refractivity contribution >= 4 is 5.69 Å². The molecule has 0 aromatic heterocycles. The third-order valence-electron chi connectivity index (χ3n) is 5.92. The molecule has 0 radical (unpaired) electrons. The topological polar surface area (TPSA) is 15.3 Å². The lowest BCUT2D eigenvalue weighted by atomic mass is 9.94. The molecule has 1 aliphatic carbocycles. The average Bonchev–Trinajstić information content (AvgIpc) is 3.18. The molecule has 0 spiro atoms. The van der Waals surface area contributed by atoms with Gasteiger partial charge in [0.05, 0.1) is 0 Å². The predicted molar refractivity (Wildman–Crippen MR) is 88.6 cm³/mol. The van der Waals surface area contributed by atoms with Gasteiger partial charge in [0.1, 0.15) is 0 Å². The molecule has 1 unspecified atom stereocenters. The zero-order valence-electron chi connectivity index (χ0n) is 13.1. The van der Waals surface area contributed by atoms with Gasteiger partial charge in [-0.15, -0.1) is 0 Å². The molecule has 1 atom stereocenters. The van der Waals surface area contributed by atoms with Crippen molar-refractivity contribution in [1.29, 1.82) is 0 Å². The lowest BCUT2D eigenvalue weighted by Crippen LogP contribution is -2.34. The summed E-state index contributed by atoms with van der Waals surface area (Å²) in [5.41, 5.74) is 4.58. The first kappa shape index (κ1) is 13.6. The molecule has 1 aromatic rings. The summed E-state index contributed by atoms with van der Waals surface area (Å²) in [5.74, 6) is 0.991. The highest BCUT2D eigenvalue weighted by Gasteiger charge is 2.33. The van der Waals surface area contributed by atoms with E-state index in [4.69, 9.17) is 0 Å². The molecule has 1 saturated carbocycles. The van der Waals surface area contributed by atoms with Crippen LogP contribution in [0.5, 0.6) is 0 Å². The quantitative estimate of drug-likeness (QED) is 0.895. The lowest BCUT2D eigenvalue weighted by Gasteiger charge is -2.31. The Hall–Kier alpha value is -1.02. The molecule has 2 fully saturated rings. The molecule has 21 heavy (non-hydrogen) atoms. The van der Waals surface area contributed by atoms with Crippen LogP contribution in [0, 0.1) is 5.92 Å². The first-order chi connectivity index (χ1) is 10.4. The monoisotopic (exact) mass is 284 g/mol. The van der Waals surface area contributed by atoms with Crippen LogP contribution in [0.2, 0.25) is 0 Å². The molecule has 4 rings (SSSR count). The second-order valence-electron chi connectivity index (χ2n) is 7.20. The largest absolute Gasteiger partial charge is 0.385 e. The van der Waals surface area contributed by atoms with E-state index in [1.165, 1.54) is 70.1 Å². The van der Waals surface area contributed by atoms with Crippen LogP contribution < -0.4 is 5.32 Å². The van der Waals surface area contributed by atoms with Crippen LogP contribution in [0.25, 0.3) is 0 Å². The van der Waals surface area contributed by atoms with Gasteiger partial charge in [0.2, 0.25) is 0 Å². The Kier molecular flexibility index (Phi) is 3.89. The highest BCUT2D eigenvalue weighted by Crippen LogP contribution is 2.37. The molecule has 1 aromatic carbocycles. The summed E-state index contributed by atoms with van der Waals surface area (Å²) in [7, 11) is 0. The van der Waals surface area contributed by atoms with Gasteiger partial charge in [-0.3, -0.25) is 4.90 Å². The minimum Gasteiger partial charge on any atom is -0.385 e. The summed E-state index contributed by atoms with van der Waals surface area (Å²) in [6.07, 6.45) is 11.3. The summed E-state index contributed by atoms with van der Waals surface area (Å²) in [6, 6.07) is 7.75. The Morgan fingerprint density at radius 2 is 1.95 bits per heavy atom. The average molecular weight is 284 g/mol. The number of nitrogens with zero attached hydrogens (tertiary/aromatic N) is 1. The van der Waals surface area contributed by atoms with E-state index >= 15 is 0 Å². The number of hydrogen-bond donors (Lipinski definition) is 1. The number of fused-ring (bicyclic) bond motifs is 1. The summed E-state index contributed by atoms with van der Waals surface area (Å²) < 4.78 is 0. The Balaban J connectivity index is 1.52. The molecule has 2 heteroatoms. The zero-order chi connectivity index (χ0) is 14.1. The second kappa shape index (κ2) is 6.00.